The molecule has 104 valence electrons. The Morgan fingerprint density at radius 1 is 0.833 bits per heavy atom. The van der Waals surface area contributed by atoms with Crippen molar-refractivity contribution in [1.29, 1.82) is 10.8 Å². The SMILES string of the molecule is N=C(N)SCC[C@H]1CC[C@@H](CCSC(=N)N)CC1. The molecular weight excluding hydrogens is 264 g/mol. The Morgan fingerprint density at radius 2 is 1.17 bits per heavy atom. The van der Waals surface area contributed by atoms with Crippen molar-refractivity contribution in [3.05, 3.63) is 0 Å². The van der Waals surface area contributed by atoms with Crippen LogP contribution in [-0.4, -0.2) is 21.8 Å². The maximum atomic E-state index is 7.17. The molecule has 0 atom stereocenters. The third-order valence-corrected chi connectivity index (χ3v) is 5.04. The summed E-state index contributed by atoms with van der Waals surface area (Å²) in [6.07, 6.45) is 7.64. The Hall–Kier alpha value is -0.360. The van der Waals surface area contributed by atoms with Gasteiger partial charge in [0.2, 0.25) is 0 Å². The summed E-state index contributed by atoms with van der Waals surface area (Å²) in [5.41, 5.74) is 10.7. The molecule has 6 N–H and O–H groups in total. The molecule has 1 aliphatic carbocycles. The molecule has 0 amide bonds. The van der Waals surface area contributed by atoms with Gasteiger partial charge in [0.05, 0.1) is 0 Å². The highest BCUT2D eigenvalue weighted by molar-refractivity contribution is 8.13. The van der Waals surface area contributed by atoms with E-state index in [0.717, 1.165) is 23.3 Å². The Bertz CT molecular complexity index is 247. The summed E-state index contributed by atoms with van der Waals surface area (Å²) in [4.78, 5) is 0. The molecule has 0 radical (unpaired) electrons. The van der Waals surface area contributed by atoms with Crippen LogP contribution in [0.3, 0.4) is 0 Å². The van der Waals surface area contributed by atoms with Crippen LogP contribution in [0.25, 0.3) is 0 Å². The molecule has 0 unspecified atom stereocenters. The van der Waals surface area contributed by atoms with Crippen LogP contribution in [0, 0.1) is 22.7 Å². The summed E-state index contributed by atoms with van der Waals surface area (Å²) in [6, 6.07) is 0. The summed E-state index contributed by atoms with van der Waals surface area (Å²) in [7, 11) is 0. The van der Waals surface area contributed by atoms with Crippen LogP contribution < -0.4 is 11.5 Å². The first-order valence-corrected chi connectivity index (χ1v) is 8.48. The van der Waals surface area contributed by atoms with E-state index in [0.29, 0.717) is 0 Å². The Morgan fingerprint density at radius 3 is 1.44 bits per heavy atom. The monoisotopic (exact) mass is 288 g/mol. The first-order valence-electron chi connectivity index (χ1n) is 6.51. The van der Waals surface area contributed by atoms with Crippen LogP contribution in [0.4, 0.5) is 0 Å². The van der Waals surface area contributed by atoms with Crippen molar-refractivity contribution in [2.75, 3.05) is 11.5 Å². The lowest BCUT2D eigenvalue weighted by Gasteiger charge is -2.28. The van der Waals surface area contributed by atoms with E-state index >= 15 is 0 Å². The highest BCUT2D eigenvalue weighted by atomic mass is 32.2. The van der Waals surface area contributed by atoms with Crippen LogP contribution >= 0.6 is 23.5 Å². The second kappa shape index (κ2) is 8.69. The maximum Gasteiger partial charge on any atom is 0.151 e. The first-order chi connectivity index (χ1) is 8.58. The van der Waals surface area contributed by atoms with Crippen LogP contribution in [0.15, 0.2) is 0 Å². The quantitative estimate of drug-likeness (QED) is 0.446. The maximum absolute atomic E-state index is 7.17. The van der Waals surface area contributed by atoms with Gasteiger partial charge in [0.15, 0.2) is 10.3 Å². The van der Waals surface area contributed by atoms with Crippen molar-refractivity contribution in [3.8, 4) is 0 Å². The minimum Gasteiger partial charge on any atom is -0.379 e. The number of nitrogens with two attached hydrogens (primary N) is 2. The number of nitrogens with one attached hydrogen (secondary N) is 2. The standard InChI is InChI=1S/C12H24N4S2/c13-11(14)17-7-5-9-1-2-10(4-3-9)6-8-18-12(15)16/h9-10H,1-8H2,(H3,13,14)(H3,15,16)/t9-,10+. The lowest BCUT2D eigenvalue weighted by Crippen LogP contribution is -2.17. The van der Waals surface area contributed by atoms with E-state index in [4.69, 9.17) is 22.3 Å². The van der Waals surface area contributed by atoms with Crippen LogP contribution in [0.5, 0.6) is 0 Å². The average molecular weight is 288 g/mol. The number of thioether (sulfide) groups is 2. The fourth-order valence-corrected chi connectivity index (χ4v) is 3.82. The van der Waals surface area contributed by atoms with Crippen molar-refractivity contribution in [2.24, 2.45) is 23.3 Å². The van der Waals surface area contributed by atoms with Crippen molar-refractivity contribution in [2.45, 2.75) is 38.5 Å². The zero-order chi connectivity index (χ0) is 13.4. The third kappa shape index (κ3) is 7.16. The number of hydrogen-bond acceptors (Lipinski definition) is 4. The molecule has 1 aliphatic rings. The third-order valence-electron chi connectivity index (χ3n) is 3.53. The molecule has 1 rings (SSSR count). The van der Waals surface area contributed by atoms with Crippen molar-refractivity contribution in [3.63, 3.8) is 0 Å². The molecule has 0 saturated heterocycles. The van der Waals surface area contributed by atoms with E-state index in [-0.39, 0.29) is 10.3 Å². The van der Waals surface area contributed by atoms with Gasteiger partial charge >= 0.3 is 0 Å². The van der Waals surface area contributed by atoms with E-state index < -0.39 is 0 Å². The zero-order valence-electron chi connectivity index (χ0n) is 10.8. The molecule has 0 spiro atoms. The Labute approximate surface area is 118 Å². The smallest absolute Gasteiger partial charge is 0.151 e. The van der Waals surface area contributed by atoms with E-state index in [1.165, 1.54) is 62.0 Å². The normalized spacial score (nSPS) is 23.8. The molecular formula is C12H24N4S2. The van der Waals surface area contributed by atoms with Gasteiger partial charge in [-0.3, -0.25) is 10.8 Å². The largest absolute Gasteiger partial charge is 0.379 e. The fraction of sp³-hybridized carbons (Fsp3) is 0.833. The van der Waals surface area contributed by atoms with Crippen molar-refractivity contribution < 1.29 is 0 Å². The Kier molecular flexibility index (Phi) is 7.58. The topological polar surface area (TPSA) is 99.7 Å². The molecule has 6 heteroatoms. The second-order valence-corrected chi connectivity index (χ2v) is 7.16. The summed E-state index contributed by atoms with van der Waals surface area (Å²) in [5.74, 6) is 3.64. The molecule has 4 nitrogen and oxygen atoms in total. The van der Waals surface area contributed by atoms with Gasteiger partial charge in [0, 0.05) is 11.5 Å². The van der Waals surface area contributed by atoms with Gasteiger partial charge < -0.3 is 11.5 Å². The second-order valence-electron chi connectivity index (χ2n) is 4.89. The number of amidine groups is 2. The van der Waals surface area contributed by atoms with Crippen molar-refractivity contribution in [1.82, 2.24) is 0 Å². The molecule has 18 heavy (non-hydrogen) atoms. The fourth-order valence-electron chi connectivity index (χ4n) is 2.48. The van der Waals surface area contributed by atoms with Gasteiger partial charge in [0.1, 0.15) is 0 Å². The molecule has 1 saturated carbocycles. The summed E-state index contributed by atoms with van der Waals surface area (Å²) in [5, 5.41) is 14.8. The molecule has 0 bridgehead atoms. The van der Waals surface area contributed by atoms with E-state index in [2.05, 4.69) is 0 Å². The van der Waals surface area contributed by atoms with E-state index in [1.54, 1.807) is 0 Å². The van der Waals surface area contributed by atoms with Gasteiger partial charge in [-0.15, -0.1) is 0 Å². The lowest BCUT2D eigenvalue weighted by molar-refractivity contribution is 0.266. The number of hydrogen-bond donors (Lipinski definition) is 4. The van der Waals surface area contributed by atoms with Gasteiger partial charge in [-0.2, -0.15) is 0 Å². The predicted molar refractivity (Wildman–Crippen MR) is 83.4 cm³/mol. The van der Waals surface area contributed by atoms with Gasteiger partial charge in [0.25, 0.3) is 0 Å². The lowest BCUT2D eigenvalue weighted by atomic mass is 9.80. The molecule has 0 heterocycles. The highest BCUT2D eigenvalue weighted by Crippen LogP contribution is 2.33. The first kappa shape index (κ1) is 15.7. The Balaban J connectivity index is 2.05. The van der Waals surface area contributed by atoms with Gasteiger partial charge in [-0.1, -0.05) is 49.2 Å². The average Bonchev–Trinajstić information content (AvgIpc) is 2.30. The minimum atomic E-state index is 0.241. The predicted octanol–water partition coefficient (Wildman–Crippen LogP) is 2.83. The molecule has 0 aromatic rings. The molecule has 0 aromatic heterocycles. The van der Waals surface area contributed by atoms with Crippen LogP contribution in [0.2, 0.25) is 0 Å². The molecule has 0 aliphatic heterocycles. The van der Waals surface area contributed by atoms with Crippen LogP contribution in [0.1, 0.15) is 38.5 Å². The summed E-state index contributed by atoms with van der Waals surface area (Å²) < 4.78 is 0. The van der Waals surface area contributed by atoms with Crippen LogP contribution in [-0.2, 0) is 0 Å². The van der Waals surface area contributed by atoms with Gasteiger partial charge in [-0.05, 0) is 24.7 Å². The molecule has 1 fully saturated rings. The highest BCUT2D eigenvalue weighted by Gasteiger charge is 2.20. The number of rotatable bonds is 6. The van der Waals surface area contributed by atoms with E-state index in [9.17, 15) is 0 Å². The molecule has 0 aromatic carbocycles. The zero-order valence-corrected chi connectivity index (χ0v) is 12.4. The van der Waals surface area contributed by atoms with E-state index in [1.807, 2.05) is 0 Å². The summed E-state index contributed by atoms with van der Waals surface area (Å²) >= 11 is 2.93. The minimum absolute atomic E-state index is 0.241. The summed E-state index contributed by atoms with van der Waals surface area (Å²) in [6.45, 7) is 0. The van der Waals surface area contributed by atoms with Gasteiger partial charge in [-0.25, -0.2) is 0 Å². The van der Waals surface area contributed by atoms with Crippen molar-refractivity contribution >= 4 is 33.9 Å².